The van der Waals surface area contributed by atoms with Gasteiger partial charge in [0, 0.05) is 25.3 Å². The van der Waals surface area contributed by atoms with Crippen molar-refractivity contribution in [1.82, 2.24) is 10.3 Å². The number of nitrogens with one attached hydrogen (secondary N) is 1. The smallest absolute Gasteiger partial charge is 0.383 e. The molecule has 1 heterocycles. The molecule has 102 valence electrons. The van der Waals surface area contributed by atoms with E-state index in [0.29, 0.717) is 18.7 Å². The number of hydrogen-bond donors (Lipinski definition) is 1. The fraction of sp³-hybridized carbons (Fsp3) is 0.583. The molecule has 1 aromatic rings. The lowest BCUT2D eigenvalue weighted by atomic mass is 10.1. The highest BCUT2D eigenvalue weighted by Gasteiger charge is 2.32. The molecule has 0 spiro atoms. The first-order valence-corrected chi connectivity index (χ1v) is 5.72. The molecule has 0 aromatic carbocycles. The first-order chi connectivity index (χ1) is 8.47. The molecule has 18 heavy (non-hydrogen) atoms. The summed E-state index contributed by atoms with van der Waals surface area (Å²) in [5, 5.41) is 3.14. The van der Waals surface area contributed by atoms with Crippen LogP contribution in [0.3, 0.4) is 0 Å². The first-order valence-electron chi connectivity index (χ1n) is 5.72. The number of halogens is 3. The third-order valence-corrected chi connectivity index (χ3v) is 2.41. The van der Waals surface area contributed by atoms with E-state index in [1.54, 1.807) is 13.2 Å². The topological polar surface area (TPSA) is 34.1 Å². The minimum atomic E-state index is -4.40. The van der Waals surface area contributed by atoms with Gasteiger partial charge < -0.3 is 10.1 Å². The van der Waals surface area contributed by atoms with Crippen LogP contribution >= 0.6 is 0 Å². The maximum absolute atomic E-state index is 12.5. The van der Waals surface area contributed by atoms with Crippen molar-refractivity contribution in [2.45, 2.75) is 25.6 Å². The summed E-state index contributed by atoms with van der Waals surface area (Å²) in [6, 6.07) is 3.91. The van der Waals surface area contributed by atoms with E-state index < -0.39 is 11.9 Å². The summed E-state index contributed by atoms with van der Waals surface area (Å²) in [4.78, 5) is 3.63. The van der Waals surface area contributed by atoms with E-state index in [-0.39, 0.29) is 6.04 Å². The van der Waals surface area contributed by atoms with E-state index in [1.165, 1.54) is 6.07 Å². The molecular weight excluding hydrogens is 245 g/mol. The Bertz CT molecular complexity index is 363. The van der Waals surface area contributed by atoms with Crippen LogP contribution < -0.4 is 5.32 Å². The number of ether oxygens (including phenoxy) is 1. The number of aromatic nitrogens is 1. The van der Waals surface area contributed by atoms with Gasteiger partial charge in [0.05, 0.1) is 6.61 Å². The Morgan fingerprint density at radius 1 is 1.39 bits per heavy atom. The van der Waals surface area contributed by atoms with Crippen LogP contribution in [0.1, 0.15) is 18.3 Å². The third-order valence-electron chi connectivity index (χ3n) is 2.41. The molecule has 0 saturated carbocycles. The monoisotopic (exact) mass is 262 g/mol. The molecule has 6 heteroatoms. The number of pyridine rings is 1. The van der Waals surface area contributed by atoms with Crippen molar-refractivity contribution in [2.24, 2.45) is 0 Å². The SMILES string of the molecule is CCNC(COC)Cc1cccc(C(F)(F)F)n1. The van der Waals surface area contributed by atoms with Crippen LogP contribution in [0.4, 0.5) is 13.2 Å². The average molecular weight is 262 g/mol. The van der Waals surface area contributed by atoms with Crippen LogP contribution in [0.15, 0.2) is 18.2 Å². The summed E-state index contributed by atoms with van der Waals surface area (Å²) in [5.41, 5.74) is -0.444. The first kappa shape index (κ1) is 14.9. The molecule has 3 nitrogen and oxygen atoms in total. The largest absolute Gasteiger partial charge is 0.433 e. The second kappa shape index (κ2) is 6.70. The molecule has 1 rings (SSSR count). The van der Waals surface area contributed by atoms with Gasteiger partial charge in [-0.2, -0.15) is 13.2 Å². The van der Waals surface area contributed by atoms with Gasteiger partial charge in [-0.3, -0.25) is 0 Å². The van der Waals surface area contributed by atoms with E-state index in [9.17, 15) is 13.2 Å². The molecule has 0 amide bonds. The van der Waals surface area contributed by atoms with Gasteiger partial charge in [0.1, 0.15) is 5.69 Å². The fourth-order valence-electron chi connectivity index (χ4n) is 1.68. The zero-order valence-electron chi connectivity index (χ0n) is 10.4. The van der Waals surface area contributed by atoms with Crippen molar-refractivity contribution in [3.63, 3.8) is 0 Å². The molecule has 0 saturated heterocycles. The normalized spacial score (nSPS) is 13.6. The maximum atomic E-state index is 12.5. The van der Waals surface area contributed by atoms with Gasteiger partial charge >= 0.3 is 6.18 Å². The van der Waals surface area contributed by atoms with Crippen molar-refractivity contribution < 1.29 is 17.9 Å². The second-order valence-electron chi connectivity index (χ2n) is 3.93. The predicted molar refractivity (Wildman–Crippen MR) is 62.3 cm³/mol. The Morgan fingerprint density at radius 3 is 2.67 bits per heavy atom. The number of hydrogen-bond acceptors (Lipinski definition) is 3. The van der Waals surface area contributed by atoms with Gasteiger partial charge in [0.2, 0.25) is 0 Å². The fourth-order valence-corrected chi connectivity index (χ4v) is 1.68. The van der Waals surface area contributed by atoms with Crippen LogP contribution in [0.5, 0.6) is 0 Å². The number of methoxy groups -OCH3 is 1. The van der Waals surface area contributed by atoms with Crippen LogP contribution in [-0.4, -0.2) is 31.3 Å². The van der Waals surface area contributed by atoms with Crippen molar-refractivity contribution in [2.75, 3.05) is 20.3 Å². The minimum Gasteiger partial charge on any atom is -0.383 e. The Labute approximate surface area is 104 Å². The Balaban J connectivity index is 2.77. The standard InChI is InChI=1S/C12H17F3N2O/c1-3-16-10(8-18-2)7-9-5-4-6-11(17-9)12(13,14)15/h4-6,10,16H,3,7-8H2,1-2H3. The summed E-state index contributed by atoms with van der Waals surface area (Å²) < 4.78 is 42.5. The lowest BCUT2D eigenvalue weighted by Crippen LogP contribution is -2.35. The molecule has 1 N–H and O–H groups in total. The molecular formula is C12H17F3N2O. The molecule has 1 aromatic heterocycles. The van der Waals surface area contributed by atoms with Crippen LogP contribution in [0.2, 0.25) is 0 Å². The highest BCUT2D eigenvalue weighted by atomic mass is 19.4. The third kappa shape index (κ3) is 4.62. The molecule has 1 unspecified atom stereocenters. The summed E-state index contributed by atoms with van der Waals surface area (Å²) >= 11 is 0. The number of rotatable bonds is 6. The summed E-state index contributed by atoms with van der Waals surface area (Å²) in [7, 11) is 1.56. The predicted octanol–water partition coefficient (Wildman–Crippen LogP) is 2.27. The van der Waals surface area contributed by atoms with Crippen molar-refractivity contribution in [1.29, 1.82) is 0 Å². The molecule has 0 radical (unpaired) electrons. The van der Waals surface area contributed by atoms with Crippen LogP contribution in [0, 0.1) is 0 Å². The molecule has 1 atom stereocenters. The minimum absolute atomic E-state index is 0.0315. The summed E-state index contributed by atoms with van der Waals surface area (Å²) in [6.45, 7) is 3.10. The molecule has 0 bridgehead atoms. The van der Waals surface area contributed by atoms with Gasteiger partial charge in [0.25, 0.3) is 0 Å². The quantitative estimate of drug-likeness (QED) is 0.854. The highest BCUT2D eigenvalue weighted by molar-refractivity contribution is 5.14. The number of likely N-dealkylation sites (N-methyl/N-ethyl adjacent to an activating group) is 1. The molecule has 0 fully saturated rings. The summed E-state index contributed by atoms with van der Waals surface area (Å²) in [5.74, 6) is 0. The van der Waals surface area contributed by atoms with Gasteiger partial charge in [-0.15, -0.1) is 0 Å². The van der Waals surface area contributed by atoms with E-state index in [1.807, 2.05) is 6.92 Å². The van der Waals surface area contributed by atoms with Gasteiger partial charge in [-0.1, -0.05) is 13.0 Å². The van der Waals surface area contributed by atoms with Crippen LogP contribution in [0.25, 0.3) is 0 Å². The zero-order valence-corrected chi connectivity index (χ0v) is 10.4. The van der Waals surface area contributed by atoms with Crippen molar-refractivity contribution in [3.05, 3.63) is 29.6 Å². The van der Waals surface area contributed by atoms with E-state index >= 15 is 0 Å². The molecule has 0 aliphatic carbocycles. The van der Waals surface area contributed by atoms with Gasteiger partial charge in [-0.05, 0) is 18.7 Å². The Kier molecular flexibility index (Phi) is 5.55. The van der Waals surface area contributed by atoms with Gasteiger partial charge in [0.15, 0.2) is 0 Å². The lowest BCUT2D eigenvalue weighted by Gasteiger charge is -2.17. The zero-order chi connectivity index (χ0) is 13.6. The molecule has 0 aliphatic rings. The van der Waals surface area contributed by atoms with E-state index in [2.05, 4.69) is 10.3 Å². The summed E-state index contributed by atoms with van der Waals surface area (Å²) in [6.07, 6.45) is -3.99. The van der Waals surface area contributed by atoms with Crippen molar-refractivity contribution in [3.8, 4) is 0 Å². The molecule has 0 aliphatic heterocycles. The van der Waals surface area contributed by atoms with Crippen LogP contribution in [-0.2, 0) is 17.3 Å². The second-order valence-corrected chi connectivity index (χ2v) is 3.93. The Hall–Kier alpha value is -1.14. The van der Waals surface area contributed by atoms with Gasteiger partial charge in [-0.25, -0.2) is 4.98 Å². The highest BCUT2D eigenvalue weighted by Crippen LogP contribution is 2.27. The van der Waals surface area contributed by atoms with E-state index in [0.717, 1.165) is 12.6 Å². The maximum Gasteiger partial charge on any atom is 0.433 e. The van der Waals surface area contributed by atoms with Crippen molar-refractivity contribution >= 4 is 0 Å². The average Bonchev–Trinajstić information content (AvgIpc) is 2.29. The number of nitrogens with zero attached hydrogens (tertiary/aromatic N) is 1. The number of alkyl halides is 3. The lowest BCUT2D eigenvalue weighted by molar-refractivity contribution is -0.141. The van der Waals surface area contributed by atoms with E-state index in [4.69, 9.17) is 4.74 Å². The Morgan fingerprint density at radius 2 is 2.11 bits per heavy atom.